The first-order chi connectivity index (χ1) is 16.7. The van der Waals surface area contributed by atoms with Crippen molar-refractivity contribution in [2.75, 3.05) is 13.1 Å². The van der Waals surface area contributed by atoms with Crippen LogP contribution in [-0.2, 0) is 9.59 Å². The fourth-order valence-corrected chi connectivity index (χ4v) is 4.37. The van der Waals surface area contributed by atoms with E-state index in [9.17, 15) is 23.9 Å². The summed E-state index contributed by atoms with van der Waals surface area (Å²) in [5, 5.41) is 16.1. The van der Waals surface area contributed by atoms with Crippen LogP contribution in [0.2, 0.25) is 0 Å². The summed E-state index contributed by atoms with van der Waals surface area (Å²) in [6.07, 6.45) is -0.712. The first-order valence-electron chi connectivity index (χ1n) is 11.4. The maximum Gasteiger partial charge on any atom is 0.270 e. The third kappa shape index (κ3) is 5.46. The molecule has 1 saturated heterocycles. The maximum atomic E-state index is 13.3. The van der Waals surface area contributed by atoms with Gasteiger partial charge >= 0.3 is 0 Å². The number of pyridine rings is 1. The zero-order valence-electron chi connectivity index (χ0n) is 19.5. The second-order valence-corrected chi connectivity index (χ2v) is 8.75. The van der Waals surface area contributed by atoms with E-state index in [1.54, 1.807) is 6.07 Å². The molecule has 3 amide bonds. The summed E-state index contributed by atoms with van der Waals surface area (Å²) in [6, 6.07) is 13.7. The summed E-state index contributed by atoms with van der Waals surface area (Å²) in [5.74, 6) is -1.82. The fraction of sp³-hybridized carbons (Fsp3) is 0.308. The van der Waals surface area contributed by atoms with Crippen molar-refractivity contribution in [2.45, 2.75) is 38.5 Å². The SMILES string of the molecule is Cc1ccccc1[C@H](C)NC(=O)[C@@H]1C[C@@H](O)CN1C(=O)CNC(=O)c1ccc2cc(F)ccc2n1. The van der Waals surface area contributed by atoms with E-state index in [0.29, 0.717) is 10.9 Å². The lowest BCUT2D eigenvalue weighted by Crippen LogP contribution is -2.49. The molecule has 2 aromatic carbocycles. The number of hydrogen-bond donors (Lipinski definition) is 3. The fourth-order valence-electron chi connectivity index (χ4n) is 4.37. The molecule has 8 nitrogen and oxygen atoms in total. The molecule has 0 saturated carbocycles. The molecule has 9 heteroatoms. The average molecular weight is 479 g/mol. The van der Waals surface area contributed by atoms with Crippen LogP contribution in [0.4, 0.5) is 4.39 Å². The molecular weight excluding hydrogens is 451 g/mol. The van der Waals surface area contributed by atoms with Crippen molar-refractivity contribution >= 4 is 28.6 Å². The summed E-state index contributed by atoms with van der Waals surface area (Å²) in [7, 11) is 0. The van der Waals surface area contributed by atoms with Gasteiger partial charge < -0.3 is 20.6 Å². The van der Waals surface area contributed by atoms with E-state index in [1.807, 2.05) is 38.1 Å². The van der Waals surface area contributed by atoms with Crippen LogP contribution in [0, 0.1) is 12.7 Å². The summed E-state index contributed by atoms with van der Waals surface area (Å²) >= 11 is 0. The number of hydrogen-bond acceptors (Lipinski definition) is 5. The molecule has 1 aliphatic rings. The molecule has 182 valence electrons. The van der Waals surface area contributed by atoms with Crippen molar-refractivity contribution in [1.82, 2.24) is 20.5 Å². The minimum Gasteiger partial charge on any atom is -0.391 e. The average Bonchev–Trinajstić information content (AvgIpc) is 3.24. The molecule has 0 unspecified atom stereocenters. The number of likely N-dealkylation sites (tertiary alicyclic amines) is 1. The highest BCUT2D eigenvalue weighted by Gasteiger charge is 2.39. The van der Waals surface area contributed by atoms with E-state index in [0.717, 1.165) is 11.1 Å². The number of amides is 3. The first-order valence-corrected chi connectivity index (χ1v) is 11.4. The highest BCUT2D eigenvalue weighted by Crippen LogP contribution is 2.21. The van der Waals surface area contributed by atoms with Crippen LogP contribution in [0.5, 0.6) is 0 Å². The first kappa shape index (κ1) is 24.3. The Labute approximate surface area is 202 Å². The summed E-state index contributed by atoms with van der Waals surface area (Å²) in [5.41, 5.74) is 2.54. The van der Waals surface area contributed by atoms with Crippen LogP contribution in [0.25, 0.3) is 10.9 Å². The quantitative estimate of drug-likeness (QED) is 0.503. The van der Waals surface area contributed by atoms with Gasteiger partial charge in [-0.15, -0.1) is 0 Å². The Morgan fingerprint density at radius 2 is 1.94 bits per heavy atom. The van der Waals surface area contributed by atoms with Gasteiger partial charge in [0.1, 0.15) is 17.6 Å². The molecule has 1 aromatic heterocycles. The predicted octanol–water partition coefficient (Wildman–Crippen LogP) is 2.25. The number of β-amino-alcohol motifs (C(OH)–C–C–N with tert-alkyl or cyclic N) is 1. The van der Waals surface area contributed by atoms with Gasteiger partial charge in [0.15, 0.2) is 0 Å². The van der Waals surface area contributed by atoms with E-state index in [1.165, 1.54) is 29.2 Å². The number of aromatic nitrogens is 1. The van der Waals surface area contributed by atoms with Crippen molar-refractivity contribution in [3.05, 3.63) is 77.2 Å². The van der Waals surface area contributed by atoms with Crippen LogP contribution in [-0.4, -0.2) is 57.9 Å². The Morgan fingerprint density at radius 1 is 1.17 bits per heavy atom. The van der Waals surface area contributed by atoms with Crippen LogP contribution in [0.1, 0.15) is 41.0 Å². The van der Waals surface area contributed by atoms with E-state index < -0.39 is 29.8 Å². The number of carbonyl (C=O) groups is 3. The number of nitrogens with zero attached hydrogens (tertiary/aromatic N) is 2. The van der Waals surface area contributed by atoms with Crippen molar-refractivity contribution < 1.29 is 23.9 Å². The third-order valence-electron chi connectivity index (χ3n) is 6.20. The van der Waals surface area contributed by atoms with Crippen molar-refractivity contribution in [3.63, 3.8) is 0 Å². The number of aryl methyl sites for hydroxylation is 1. The molecule has 3 N–H and O–H groups in total. The lowest BCUT2D eigenvalue weighted by molar-refractivity contribution is -0.138. The zero-order valence-corrected chi connectivity index (χ0v) is 19.5. The number of nitrogens with one attached hydrogen (secondary N) is 2. The van der Waals surface area contributed by atoms with Crippen molar-refractivity contribution in [2.24, 2.45) is 0 Å². The van der Waals surface area contributed by atoms with Gasteiger partial charge in [0.25, 0.3) is 5.91 Å². The smallest absolute Gasteiger partial charge is 0.270 e. The van der Waals surface area contributed by atoms with Crippen LogP contribution >= 0.6 is 0 Å². The number of carbonyl (C=O) groups excluding carboxylic acids is 3. The maximum absolute atomic E-state index is 13.3. The minimum absolute atomic E-state index is 0.00528. The van der Waals surface area contributed by atoms with E-state index in [4.69, 9.17) is 0 Å². The molecule has 3 atom stereocenters. The monoisotopic (exact) mass is 478 g/mol. The van der Waals surface area contributed by atoms with Gasteiger partial charge in [-0.25, -0.2) is 9.37 Å². The van der Waals surface area contributed by atoms with Gasteiger partial charge in [-0.1, -0.05) is 30.3 Å². The van der Waals surface area contributed by atoms with Crippen LogP contribution in [0.15, 0.2) is 54.6 Å². The van der Waals surface area contributed by atoms with Crippen LogP contribution in [0.3, 0.4) is 0 Å². The lowest BCUT2D eigenvalue weighted by Gasteiger charge is -2.26. The Bertz CT molecular complexity index is 1280. The Hall–Kier alpha value is -3.85. The molecule has 0 bridgehead atoms. The lowest BCUT2D eigenvalue weighted by atomic mass is 10.0. The van der Waals surface area contributed by atoms with Gasteiger partial charge in [0.05, 0.1) is 24.2 Å². The van der Waals surface area contributed by atoms with Gasteiger partial charge in [-0.2, -0.15) is 0 Å². The van der Waals surface area contributed by atoms with Crippen molar-refractivity contribution in [3.8, 4) is 0 Å². The second-order valence-electron chi connectivity index (χ2n) is 8.75. The Kier molecular flexibility index (Phi) is 7.07. The molecule has 4 rings (SSSR count). The highest BCUT2D eigenvalue weighted by atomic mass is 19.1. The van der Waals surface area contributed by atoms with Crippen LogP contribution < -0.4 is 10.6 Å². The molecule has 1 fully saturated rings. The molecule has 0 spiro atoms. The Morgan fingerprint density at radius 3 is 2.71 bits per heavy atom. The van der Waals surface area contributed by atoms with Gasteiger partial charge in [0.2, 0.25) is 11.8 Å². The number of aliphatic hydroxyl groups excluding tert-OH is 1. The van der Waals surface area contributed by atoms with E-state index in [2.05, 4.69) is 15.6 Å². The molecule has 0 aliphatic carbocycles. The van der Waals surface area contributed by atoms with Gasteiger partial charge in [-0.3, -0.25) is 14.4 Å². The topological polar surface area (TPSA) is 112 Å². The van der Waals surface area contributed by atoms with Gasteiger partial charge in [0, 0.05) is 18.4 Å². The molecule has 35 heavy (non-hydrogen) atoms. The Balaban J connectivity index is 1.38. The normalized spacial score (nSPS) is 18.3. The number of fused-ring (bicyclic) bond motifs is 1. The zero-order chi connectivity index (χ0) is 25.1. The number of halogens is 1. The molecule has 1 aliphatic heterocycles. The number of benzene rings is 2. The largest absolute Gasteiger partial charge is 0.391 e. The van der Waals surface area contributed by atoms with E-state index in [-0.39, 0.29) is 37.2 Å². The number of rotatable bonds is 6. The molecule has 0 radical (unpaired) electrons. The summed E-state index contributed by atoms with van der Waals surface area (Å²) in [6.45, 7) is 3.47. The highest BCUT2D eigenvalue weighted by molar-refractivity contribution is 5.97. The third-order valence-corrected chi connectivity index (χ3v) is 6.20. The standard InChI is InChI=1S/C26H27FN4O4/c1-15-5-3-4-6-20(15)16(2)29-26(35)23-12-19(32)14-31(23)24(33)13-28-25(34)22-9-7-17-11-18(27)8-10-21(17)30-22/h3-11,16,19,23,32H,12-14H2,1-2H3,(H,28,34)(H,29,35)/t16-,19+,23-/m0/s1. The number of aliphatic hydroxyl groups is 1. The predicted molar refractivity (Wildman–Crippen MR) is 128 cm³/mol. The summed E-state index contributed by atoms with van der Waals surface area (Å²) < 4.78 is 13.3. The molecular formula is C26H27FN4O4. The molecule has 3 aromatic rings. The second kappa shape index (κ2) is 10.2. The van der Waals surface area contributed by atoms with Gasteiger partial charge in [-0.05, 0) is 49.2 Å². The van der Waals surface area contributed by atoms with E-state index >= 15 is 0 Å². The van der Waals surface area contributed by atoms with Crippen molar-refractivity contribution in [1.29, 1.82) is 0 Å². The minimum atomic E-state index is -0.838. The summed E-state index contributed by atoms with van der Waals surface area (Å²) in [4.78, 5) is 43.9. The molecule has 2 heterocycles.